The molecule has 0 radical (unpaired) electrons. The zero-order valence-electron chi connectivity index (χ0n) is 23.1. The number of nitrogens with one attached hydrogen (secondary N) is 2. The minimum absolute atomic E-state index is 0.164. The molecule has 3 aliphatic heterocycles. The van der Waals surface area contributed by atoms with Crippen LogP contribution in [0.5, 0.6) is 5.75 Å². The number of rotatable bonds is 6. The average Bonchev–Trinajstić information content (AvgIpc) is 3.25. The molecule has 0 aliphatic carbocycles. The number of carbonyl (C=O) groups excluding carboxylic acids is 2. The third kappa shape index (κ3) is 6.30. The molecular weight excluding hydrogens is 547 g/mol. The Labute approximate surface area is 234 Å². The lowest BCUT2D eigenvalue weighted by Gasteiger charge is -2.46. The van der Waals surface area contributed by atoms with E-state index < -0.39 is 35.8 Å². The molecule has 0 spiro atoms. The lowest BCUT2D eigenvalue weighted by molar-refractivity contribution is -0.149. The van der Waals surface area contributed by atoms with Gasteiger partial charge in [-0.2, -0.15) is 13.2 Å². The van der Waals surface area contributed by atoms with Gasteiger partial charge in [-0.3, -0.25) is 15.0 Å². The van der Waals surface area contributed by atoms with Gasteiger partial charge in [0.25, 0.3) is 5.91 Å². The highest BCUT2D eigenvalue weighted by atomic mass is 19.4. The summed E-state index contributed by atoms with van der Waals surface area (Å²) < 4.78 is 56.1. The summed E-state index contributed by atoms with van der Waals surface area (Å²) in [6.45, 7) is 8.06. The summed E-state index contributed by atoms with van der Waals surface area (Å²) in [5.74, 6) is -1.28. The summed E-state index contributed by atoms with van der Waals surface area (Å²) in [6.07, 6.45) is -1.87. The van der Waals surface area contributed by atoms with Crippen molar-refractivity contribution < 1.29 is 37.0 Å². The zero-order valence-corrected chi connectivity index (χ0v) is 23.1. The number of aryl methyl sites for hydroxylation is 1. The third-order valence-corrected chi connectivity index (χ3v) is 7.08. The van der Waals surface area contributed by atoms with E-state index in [4.69, 9.17) is 14.2 Å². The number of ether oxygens (including phenoxy) is 3. The summed E-state index contributed by atoms with van der Waals surface area (Å²) in [5.41, 5.74) is 0.951. The van der Waals surface area contributed by atoms with E-state index in [1.807, 2.05) is 24.1 Å². The molecule has 0 saturated carbocycles. The van der Waals surface area contributed by atoms with Gasteiger partial charge in [0, 0.05) is 13.1 Å². The van der Waals surface area contributed by atoms with Gasteiger partial charge < -0.3 is 24.4 Å². The quantitative estimate of drug-likeness (QED) is 0.529. The number of halogens is 3. The molecule has 3 aliphatic rings. The fourth-order valence-corrected chi connectivity index (χ4v) is 5.08. The van der Waals surface area contributed by atoms with Crippen LogP contribution in [0, 0.1) is 6.92 Å². The number of alkyl halides is 3. The van der Waals surface area contributed by atoms with E-state index in [-0.39, 0.29) is 30.4 Å². The zero-order chi connectivity index (χ0) is 29.5. The molecule has 12 nitrogen and oxygen atoms in total. The second-order valence-corrected chi connectivity index (χ2v) is 10.7. The number of hydrogen-bond donors (Lipinski definition) is 2. The molecule has 2 fully saturated rings. The molecule has 41 heavy (non-hydrogen) atoms. The van der Waals surface area contributed by atoms with Gasteiger partial charge in [-0.1, -0.05) is 0 Å². The summed E-state index contributed by atoms with van der Waals surface area (Å²) in [4.78, 5) is 42.4. The van der Waals surface area contributed by atoms with Gasteiger partial charge in [0.2, 0.25) is 5.82 Å². The average molecular weight is 580 g/mol. The largest absolute Gasteiger partial charge is 0.489 e. The van der Waals surface area contributed by atoms with Crippen LogP contribution >= 0.6 is 0 Å². The van der Waals surface area contributed by atoms with E-state index in [1.54, 1.807) is 19.1 Å². The highest BCUT2D eigenvalue weighted by molar-refractivity contribution is 6.04. The Bertz CT molecular complexity index is 1310. The second-order valence-electron chi connectivity index (χ2n) is 10.7. The van der Waals surface area contributed by atoms with E-state index in [1.165, 1.54) is 11.1 Å². The summed E-state index contributed by atoms with van der Waals surface area (Å²) in [7, 11) is 0. The number of urea groups is 1. The van der Waals surface area contributed by atoms with E-state index in [9.17, 15) is 22.8 Å². The number of amides is 3. The monoisotopic (exact) mass is 579 g/mol. The van der Waals surface area contributed by atoms with Crippen molar-refractivity contribution in [3.63, 3.8) is 0 Å². The van der Waals surface area contributed by atoms with Crippen molar-refractivity contribution in [3.05, 3.63) is 29.8 Å². The van der Waals surface area contributed by atoms with Crippen LogP contribution in [0.1, 0.15) is 49.9 Å². The van der Waals surface area contributed by atoms with Crippen molar-refractivity contribution in [2.24, 2.45) is 0 Å². The van der Waals surface area contributed by atoms with E-state index >= 15 is 0 Å². The van der Waals surface area contributed by atoms with Crippen LogP contribution < -0.4 is 25.2 Å². The molecule has 3 amide bonds. The lowest BCUT2D eigenvalue weighted by Crippen LogP contribution is -2.56. The first-order chi connectivity index (χ1) is 19.3. The molecule has 2 saturated heterocycles. The molecule has 2 aromatic heterocycles. The van der Waals surface area contributed by atoms with Crippen LogP contribution in [0.15, 0.2) is 18.3 Å². The first kappa shape index (κ1) is 28.8. The molecule has 5 heterocycles. The first-order valence-electron chi connectivity index (χ1n) is 13.3. The predicted octanol–water partition coefficient (Wildman–Crippen LogP) is 3.41. The van der Waals surface area contributed by atoms with Crippen LogP contribution in [0.3, 0.4) is 0 Å². The van der Waals surface area contributed by atoms with Crippen molar-refractivity contribution in [3.8, 4) is 5.75 Å². The fourth-order valence-electron chi connectivity index (χ4n) is 5.08. The highest BCUT2D eigenvalue weighted by Crippen LogP contribution is 2.40. The Hall–Kier alpha value is -3.72. The van der Waals surface area contributed by atoms with E-state index in [2.05, 4.69) is 20.3 Å². The van der Waals surface area contributed by atoms with Gasteiger partial charge in [0.1, 0.15) is 36.0 Å². The standard InChI is InChI=1S/C26H32F3N7O5/c1-14-20-22(34-21(31-14)23(37)32-15(2)26(27,28)29)36(16-6-5-9-35(20)11-16)24(38)33-19-8-7-17(10-30-19)39-12-18-13-40-25(3,4)41-18/h7-8,10,15-16,18H,5-6,9,11-13H2,1-4H3,(H,32,37)(H,30,33,38)/t15?,16-,18?/m0/s1. The van der Waals surface area contributed by atoms with Crippen LogP contribution in [0.25, 0.3) is 0 Å². The molecule has 2 bridgehead atoms. The maximum Gasteiger partial charge on any atom is 0.408 e. The van der Waals surface area contributed by atoms with Gasteiger partial charge in [0.05, 0.1) is 24.5 Å². The minimum Gasteiger partial charge on any atom is -0.489 e. The van der Waals surface area contributed by atoms with Crippen molar-refractivity contribution >= 4 is 29.3 Å². The fraction of sp³-hybridized carbons (Fsp3) is 0.577. The van der Waals surface area contributed by atoms with E-state index in [0.717, 1.165) is 13.3 Å². The number of hydrogen-bond acceptors (Lipinski definition) is 9. The Morgan fingerprint density at radius 2 is 2.05 bits per heavy atom. The van der Waals surface area contributed by atoms with Crippen molar-refractivity contribution in [1.82, 2.24) is 20.3 Å². The Morgan fingerprint density at radius 1 is 1.27 bits per heavy atom. The predicted molar refractivity (Wildman–Crippen MR) is 141 cm³/mol. The number of pyridine rings is 1. The molecule has 2 N–H and O–H groups in total. The molecule has 3 atom stereocenters. The number of fused-ring (bicyclic) bond motifs is 4. The van der Waals surface area contributed by atoms with Gasteiger partial charge >= 0.3 is 12.2 Å². The van der Waals surface area contributed by atoms with Crippen molar-refractivity contribution in [2.75, 3.05) is 41.4 Å². The molecule has 0 aromatic carbocycles. The number of anilines is 3. The summed E-state index contributed by atoms with van der Waals surface area (Å²) in [6, 6.07) is 0.347. The third-order valence-electron chi connectivity index (χ3n) is 7.08. The van der Waals surface area contributed by atoms with Crippen molar-refractivity contribution in [2.45, 2.75) is 70.7 Å². The lowest BCUT2D eigenvalue weighted by atomic mass is 9.99. The smallest absolute Gasteiger partial charge is 0.408 e. The molecule has 2 aromatic rings. The topological polar surface area (TPSA) is 131 Å². The maximum absolute atomic E-state index is 13.6. The SMILES string of the molecule is Cc1nc(C(=O)NC(C)C(F)(F)F)nc2c1N1CCC[C@@H](C1)N2C(=O)Nc1ccc(OCC2COC(C)(C)O2)cn1. The van der Waals surface area contributed by atoms with Crippen LogP contribution in [-0.2, 0) is 9.47 Å². The number of nitrogens with zero attached hydrogens (tertiary/aromatic N) is 5. The minimum atomic E-state index is -4.63. The van der Waals surface area contributed by atoms with Crippen LogP contribution in [-0.4, -0.2) is 83.3 Å². The van der Waals surface area contributed by atoms with Gasteiger partial charge in [0.15, 0.2) is 11.6 Å². The van der Waals surface area contributed by atoms with E-state index in [0.29, 0.717) is 43.2 Å². The maximum atomic E-state index is 13.6. The van der Waals surface area contributed by atoms with Crippen LogP contribution in [0.2, 0.25) is 0 Å². The Balaban J connectivity index is 1.32. The number of aromatic nitrogens is 3. The van der Waals surface area contributed by atoms with Gasteiger partial charge in [-0.15, -0.1) is 0 Å². The van der Waals surface area contributed by atoms with Gasteiger partial charge in [-0.25, -0.2) is 19.7 Å². The normalized spacial score (nSPS) is 22.1. The summed E-state index contributed by atoms with van der Waals surface area (Å²) in [5, 5.41) is 4.64. The second kappa shape index (κ2) is 10.9. The number of carbonyl (C=O) groups is 2. The molecule has 2 unspecified atom stereocenters. The number of piperidine rings is 1. The summed E-state index contributed by atoms with van der Waals surface area (Å²) >= 11 is 0. The Kier molecular flexibility index (Phi) is 7.68. The molecule has 15 heteroatoms. The Morgan fingerprint density at radius 3 is 2.71 bits per heavy atom. The van der Waals surface area contributed by atoms with Gasteiger partial charge in [-0.05, 0) is 52.7 Å². The highest BCUT2D eigenvalue weighted by Gasteiger charge is 2.41. The first-order valence-corrected chi connectivity index (χ1v) is 13.3. The van der Waals surface area contributed by atoms with Crippen LogP contribution in [0.4, 0.5) is 35.3 Å². The molecule has 5 rings (SSSR count). The molecular formula is C26H32F3N7O5. The van der Waals surface area contributed by atoms with Crippen molar-refractivity contribution in [1.29, 1.82) is 0 Å². The molecule has 222 valence electrons.